The van der Waals surface area contributed by atoms with E-state index in [1.54, 1.807) is 0 Å². The maximum Gasteiger partial charge on any atom is 2.00 e. The third-order valence-corrected chi connectivity index (χ3v) is 4.25. The van der Waals surface area contributed by atoms with Crippen molar-refractivity contribution in [1.82, 2.24) is 0 Å². The van der Waals surface area contributed by atoms with E-state index in [-0.39, 0.29) is 33.4 Å². The molecule has 0 saturated carbocycles. The Morgan fingerprint density at radius 1 is 1.21 bits per heavy atom. The van der Waals surface area contributed by atoms with Crippen LogP contribution in [0.25, 0.3) is 17.6 Å². The van der Waals surface area contributed by atoms with Crippen molar-refractivity contribution < 1.29 is 49.8 Å². The Bertz CT molecular complexity index is 203. The van der Waals surface area contributed by atoms with Crippen LogP contribution in [0.4, 0.5) is 0 Å². The van der Waals surface area contributed by atoms with Gasteiger partial charge in [0.1, 0.15) is 7.60 Å². The molecule has 7 N–H and O–H groups in total. The van der Waals surface area contributed by atoms with Gasteiger partial charge in [-0.25, -0.2) is 0 Å². The van der Waals surface area contributed by atoms with E-state index < -0.39 is 20.7 Å². The maximum atomic E-state index is 10.3. The van der Waals surface area contributed by atoms with Crippen LogP contribution in [-0.2, 0) is 30.2 Å². The van der Waals surface area contributed by atoms with Crippen LogP contribution in [-0.4, -0.2) is 27.3 Å². The summed E-state index contributed by atoms with van der Waals surface area (Å²) >= 11 is 0. The van der Waals surface area contributed by atoms with Crippen molar-refractivity contribution >= 4 is 15.2 Å². The van der Waals surface area contributed by atoms with Crippen LogP contribution in [0.3, 0.4) is 0 Å². The van der Waals surface area contributed by atoms with Crippen LogP contribution in [0.2, 0.25) is 0 Å². The molecule has 0 aromatic rings. The van der Waals surface area contributed by atoms with E-state index in [0.717, 1.165) is 7.05 Å². The monoisotopic (exact) mass is 430 g/mol. The first kappa shape index (κ1) is 24.2. The maximum absolute atomic E-state index is 10.3. The van der Waals surface area contributed by atoms with E-state index in [0.29, 0.717) is 0 Å². The molecule has 0 radical (unpaired) electrons. The molecule has 0 spiro atoms. The predicted octanol–water partition coefficient (Wildman–Crippen LogP) is 0.429. The van der Waals surface area contributed by atoms with Gasteiger partial charge in [0, 0.05) is 5.52 Å². The molecule has 14 heavy (non-hydrogen) atoms. The Morgan fingerprint density at radius 2 is 1.50 bits per heavy atom. The topological polar surface area (TPSA) is 199 Å². The second kappa shape index (κ2) is 8.07. The molecule has 0 rings (SSSR count). The van der Waals surface area contributed by atoms with Crippen molar-refractivity contribution in [3.63, 3.8) is 0 Å². The summed E-state index contributed by atoms with van der Waals surface area (Å²) in [5.41, 5.74) is -2.34. The summed E-state index contributed by atoms with van der Waals surface area (Å²) in [4.78, 5) is 35.0. The molecule has 2 unspecified atom stereocenters. The first-order chi connectivity index (χ1) is 4.69. The molecule has 0 aliphatic rings. The first-order valence-electron chi connectivity index (χ1n) is 2.37. The van der Waals surface area contributed by atoms with Gasteiger partial charge in [-0.1, -0.05) is 0 Å². The molecule has 12 heteroatoms. The molecule has 9 nitrogen and oxygen atoms in total. The van der Waals surface area contributed by atoms with Gasteiger partial charge in [0.2, 0.25) is 0 Å². The van der Waals surface area contributed by atoms with Gasteiger partial charge in [-0.05, 0) is 0 Å². The molecular formula is C2H11N3O6P2Pt-2. The molecule has 0 heterocycles. The number of nitrogens with two attached hydrogens (primary N) is 2. The fourth-order valence-corrected chi connectivity index (χ4v) is 2.60. The van der Waals surface area contributed by atoms with Crippen molar-refractivity contribution in [3.05, 3.63) is 17.6 Å². The van der Waals surface area contributed by atoms with E-state index in [9.17, 15) is 14.0 Å². The third kappa shape index (κ3) is 8.20. The summed E-state index contributed by atoms with van der Waals surface area (Å²) in [5.74, 6) is 0. The second-order valence-corrected chi connectivity index (χ2v) is 5.45. The van der Waals surface area contributed by atoms with Crippen molar-refractivity contribution in [2.75, 3.05) is 7.05 Å². The fraction of sp³-hybridized carbons (Fsp3) is 1.00. The summed E-state index contributed by atoms with van der Waals surface area (Å²) in [6.45, 7) is 0. The Kier molecular flexibility index (Phi) is 14.0. The Labute approximate surface area is 95.4 Å². The Hall–Kier alpha value is 0.868. The molecule has 0 bridgehead atoms. The zero-order valence-electron chi connectivity index (χ0n) is 6.96. The van der Waals surface area contributed by atoms with Crippen molar-refractivity contribution in [3.8, 4) is 0 Å². The summed E-state index contributed by atoms with van der Waals surface area (Å²) < 4.78 is 20.5. The van der Waals surface area contributed by atoms with Gasteiger partial charge in [0.05, 0.1) is 0 Å². The van der Waals surface area contributed by atoms with Gasteiger partial charge < -0.3 is 41.8 Å². The third-order valence-electron chi connectivity index (χ3n) is 0.824. The quantitative estimate of drug-likeness (QED) is 0.542. The van der Waals surface area contributed by atoms with Crippen LogP contribution in [0.5, 0.6) is 0 Å². The van der Waals surface area contributed by atoms with Crippen LogP contribution in [0.1, 0.15) is 0 Å². The van der Waals surface area contributed by atoms with Gasteiger partial charge in [0.15, 0.2) is 0 Å². The van der Waals surface area contributed by atoms with Gasteiger partial charge in [0.25, 0.3) is 0 Å². The second-order valence-electron chi connectivity index (χ2n) is 1.76. The van der Waals surface area contributed by atoms with E-state index in [1.807, 2.05) is 0 Å². The van der Waals surface area contributed by atoms with Gasteiger partial charge in [-0.15, -0.1) is 0 Å². The van der Waals surface area contributed by atoms with Crippen LogP contribution < -0.4 is 4.89 Å². The normalized spacial score (nSPS) is 16.4. The van der Waals surface area contributed by atoms with Crippen LogP contribution >= 0.6 is 15.2 Å². The zero-order chi connectivity index (χ0) is 9.28. The molecule has 0 amide bonds. The summed E-state index contributed by atoms with van der Waals surface area (Å²) in [6.07, 6.45) is 0. The zero-order valence-corrected chi connectivity index (χ0v) is 11.0. The van der Waals surface area contributed by atoms with E-state index in [2.05, 4.69) is 5.32 Å². The van der Waals surface area contributed by atoms with E-state index in [1.165, 1.54) is 0 Å². The predicted molar refractivity (Wildman–Crippen MR) is 45.5 cm³/mol. The minimum Gasteiger partial charge on any atom is -0.779 e. The summed E-state index contributed by atoms with van der Waals surface area (Å²) in [6, 6.07) is 0. The van der Waals surface area contributed by atoms with Gasteiger partial charge in [-0.2, -0.15) is 7.05 Å². The van der Waals surface area contributed by atoms with Gasteiger partial charge in [-0.3, -0.25) is 4.57 Å². The molecule has 0 aromatic carbocycles. The molecule has 0 saturated heterocycles. The standard InChI is InChI=1S/C2H8NO6P2.2H2N.Pt/c1-3-2(10(4,5)6)11(7,8)9;;;/h2H,1H3,(H2,4,5,6)(H2,7,8,9);2*1H2;/q3*-1;+2/p-1. The minimum absolute atomic E-state index is 0. The minimum atomic E-state index is -5.08. The van der Waals surface area contributed by atoms with E-state index in [4.69, 9.17) is 14.7 Å². The molecule has 0 aliphatic carbocycles. The van der Waals surface area contributed by atoms with Crippen molar-refractivity contribution in [2.45, 2.75) is 5.52 Å². The number of nitrogens with zero attached hydrogens (tertiary/aromatic N) is 1. The molecule has 92 valence electrons. The molecule has 2 atom stereocenters. The fourth-order valence-electron chi connectivity index (χ4n) is 0.486. The Balaban J connectivity index is -0.000000167. The Morgan fingerprint density at radius 3 is 1.50 bits per heavy atom. The largest absolute Gasteiger partial charge is 2.00 e. The van der Waals surface area contributed by atoms with Crippen molar-refractivity contribution in [2.24, 2.45) is 0 Å². The average Bonchev–Trinajstić information content (AvgIpc) is 1.56. The molecule has 0 fully saturated rings. The average molecular weight is 430 g/mol. The molecule has 0 aliphatic heterocycles. The number of hydrogen-bond donors (Lipinski definition) is 3. The van der Waals surface area contributed by atoms with Crippen molar-refractivity contribution in [1.29, 1.82) is 0 Å². The summed E-state index contributed by atoms with van der Waals surface area (Å²) in [5, 5.41) is 2.84. The first-order valence-corrected chi connectivity index (χ1v) is 5.70. The summed E-state index contributed by atoms with van der Waals surface area (Å²) in [7, 11) is -9.07. The van der Waals surface area contributed by atoms with E-state index >= 15 is 0 Å². The molecular weight excluding hydrogens is 419 g/mol. The smallest absolute Gasteiger partial charge is 0.779 e. The van der Waals surface area contributed by atoms with Crippen LogP contribution in [0, 0.1) is 0 Å². The number of hydrogen-bond acceptors (Lipinski definition) is 3. The number of rotatable bonds is 3. The molecule has 0 aromatic heterocycles. The SMILES string of the molecule is C[N-]C(P(=O)([O-])O)P(=O)(O)O.[NH2-].[NH2-].[Pt+2]. The van der Waals surface area contributed by atoms with Crippen LogP contribution in [0.15, 0.2) is 0 Å². The van der Waals surface area contributed by atoms with Gasteiger partial charge >= 0.3 is 28.7 Å².